The van der Waals surface area contributed by atoms with Gasteiger partial charge in [0.05, 0.1) is 5.69 Å². The fourth-order valence-corrected chi connectivity index (χ4v) is 2.81. The van der Waals surface area contributed by atoms with E-state index in [1.807, 2.05) is 12.1 Å². The van der Waals surface area contributed by atoms with Crippen LogP contribution >= 0.6 is 15.9 Å². The average molecular weight is 284 g/mol. The van der Waals surface area contributed by atoms with E-state index in [0.29, 0.717) is 6.04 Å². The molecule has 0 radical (unpaired) electrons. The van der Waals surface area contributed by atoms with Crippen LogP contribution in [0.1, 0.15) is 6.42 Å². The van der Waals surface area contributed by atoms with Crippen LogP contribution < -0.4 is 10.6 Å². The molecule has 4 heteroatoms. The largest absolute Gasteiger partial charge is 0.399 e. The summed E-state index contributed by atoms with van der Waals surface area (Å²) in [7, 11) is 4.29. The molecule has 2 rings (SSSR count). The minimum Gasteiger partial charge on any atom is -0.399 e. The molecule has 1 aromatic carbocycles. The molecule has 1 aliphatic rings. The maximum absolute atomic E-state index is 5.74. The molecule has 0 bridgehead atoms. The van der Waals surface area contributed by atoms with Gasteiger partial charge in [0, 0.05) is 29.3 Å². The van der Waals surface area contributed by atoms with Gasteiger partial charge in [-0.05, 0) is 54.6 Å². The molecule has 1 heterocycles. The Labute approximate surface area is 105 Å². The van der Waals surface area contributed by atoms with Gasteiger partial charge in [-0.2, -0.15) is 0 Å². The third-order valence-electron chi connectivity index (χ3n) is 3.21. The van der Waals surface area contributed by atoms with Gasteiger partial charge < -0.3 is 15.5 Å². The first-order chi connectivity index (χ1) is 7.58. The highest BCUT2D eigenvalue weighted by Gasteiger charge is 2.25. The Morgan fingerprint density at radius 2 is 2.19 bits per heavy atom. The maximum Gasteiger partial charge on any atom is 0.0512 e. The quantitative estimate of drug-likeness (QED) is 0.845. The number of benzene rings is 1. The van der Waals surface area contributed by atoms with Crippen LogP contribution in [0.4, 0.5) is 11.4 Å². The van der Waals surface area contributed by atoms with E-state index in [0.717, 1.165) is 23.2 Å². The number of anilines is 2. The normalized spacial score (nSPS) is 20.8. The second-order valence-corrected chi connectivity index (χ2v) is 5.42. The van der Waals surface area contributed by atoms with E-state index in [9.17, 15) is 0 Å². The summed E-state index contributed by atoms with van der Waals surface area (Å²) in [4.78, 5) is 4.71. The molecule has 1 atom stereocenters. The van der Waals surface area contributed by atoms with Crippen molar-refractivity contribution in [3.05, 3.63) is 22.7 Å². The molecule has 1 unspecified atom stereocenters. The van der Waals surface area contributed by atoms with Gasteiger partial charge in [0.25, 0.3) is 0 Å². The van der Waals surface area contributed by atoms with E-state index in [1.165, 1.54) is 12.1 Å². The van der Waals surface area contributed by atoms with Crippen molar-refractivity contribution in [3.8, 4) is 0 Å². The first kappa shape index (κ1) is 11.7. The van der Waals surface area contributed by atoms with E-state index in [4.69, 9.17) is 5.73 Å². The monoisotopic (exact) mass is 283 g/mol. The number of likely N-dealkylation sites (N-methyl/N-ethyl adjacent to an activating group) is 1. The minimum atomic E-state index is 0.657. The molecule has 1 fully saturated rings. The molecular weight excluding hydrogens is 266 g/mol. The summed E-state index contributed by atoms with van der Waals surface area (Å²) in [5.74, 6) is 0. The van der Waals surface area contributed by atoms with Crippen molar-refractivity contribution >= 4 is 27.3 Å². The number of nitrogens with zero attached hydrogens (tertiary/aromatic N) is 2. The van der Waals surface area contributed by atoms with Crippen molar-refractivity contribution in [3.63, 3.8) is 0 Å². The lowest BCUT2D eigenvalue weighted by Gasteiger charge is -2.22. The highest BCUT2D eigenvalue weighted by Crippen LogP contribution is 2.31. The van der Waals surface area contributed by atoms with Crippen LogP contribution in [0.15, 0.2) is 22.7 Å². The third-order valence-corrected chi connectivity index (χ3v) is 3.84. The summed E-state index contributed by atoms with van der Waals surface area (Å²) in [6, 6.07) is 6.68. The Bertz CT molecular complexity index is 379. The average Bonchev–Trinajstić information content (AvgIpc) is 2.66. The molecule has 88 valence electrons. The van der Waals surface area contributed by atoms with Crippen LogP contribution in [0.2, 0.25) is 0 Å². The third kappa shape index (κ3) is 2.33. The lowest BCUT2D eigenvalue weighted by molar-refractivity contribution is 0.315. The summed E-state index contributed by atoms with van der Waals surface area (Å²) in [5, 5.41) is 0. The van der Waals surface area contributed by atoms with Gasteiger partial charge in [-0.25, -0.2) is 0 Å². The van der Waals surface area contributed by atoms with Crippen LogP contribution in [-0.4, -0.2) is 38.1 Å². The molecule has 2 N–H and O–H groups in total. The zero-order valence-corrected chi connectivity index (χ0v) is 11.4. The van der Waals surface area contributed by atoms with E-state index in [1.54, 1.807) is 0 Å². The molecule has 0 saturated carbocycles. The molecule has 3 nitrogen and oxygen atoms in total. The first-order valence-electron chi connectivity index (χ1n) is 5.54. The number of nitrogens with two attached hydrogens (primary N) is 1. The first-order valence-corrected chi connectivity index (χ1v) is 6.33. The van der Waals surface area contributed by atoms with Crippen LogP contribution in [0, 0.1) is 0 Å². The van der Waals surface area contributed by atoms with Crippen molar-refractivity contribution in [2.45, 2.75) is 12.5 Å². The number of hydrogen-bond acceptors (Lipinski definition) is 3. The number of nitrogen functional groups attached to an aromatic ring is 1. The molecule has 0 aromatic heterocycles. The topological polar surface area (TPSA) is 32.5 Å². The van der Waals surface area contributed by atoms with Gasteiger partial charge in [-0.3, -0.25) is 0 Å². The van der Waals surface area contributed by atoms with Gasteiger partial charge in [0.2, 0.25) is 0 Å². The minimum absolute atomic E-state index is 0.657. The zero-order valence-electron chi connectivity index (χ0n) is 9.78. The molecular formula is C12H18BrN3. The van der Waals surface area contributed by atoms with Crippen molar-refractivity contribution in [1.29, 1.82) is 0 Å². The van der Waals surface area contributed by atoms with Crippen LogP contribution in [0.25, 0.3) is 0 Å². The summed E-state index contributed by atoms with van der Waals surface area (Å²) >= 11 is 3.58. The molecule has 0 amide bonds. The molecule has 1 aliphatic heterocycles. The maximum atomic E-state index is 5.74. The van der Waals surface area contributed by atoms with Crippen molar-refractivity contribution < 1.29 is 0 Å². The molecule has 0 aliphatic carbocycles. The summed E-state index contributed by atoms with van der Waals surface area (Å²) < 4.78 is 1.09. The predicted molar refractivity (Wildman–Crippen MR) is 72.9 cm³/mol. The summed E-state index contributed by atoms with van der Waals surface area (Å²) in [6.07, 6.45) is 1.23. The van der Waals surface area contributed by atoms with Crippen molar-refractivity contribution in [2.75, 3.05) is 37.8 Å². The Kier molecular flexibility index (Phi) is 3.40. The fraction of sp³-hybridized carbons (Fsp3) is 0.500. The van der Waals surface area contributed by atoms with E-state index >= 15 is 0 Å². The molecule has 0 spiro atoms. The Morgan fingerprint density at radius 3 is 2.75 bits per heavy atom. The van der Waals surface area contributed by atoms with Crippen LogP contribution in [0.5, 0.6) is 0 Å². The number of halogens is 1. The number of hydrogen-bond donors (Lipinski definition) is 1. The van der Waals surface area contributed by atoms with Crippen molar-refractivity contribution in [2.24, 2.45) is 0 Å². The lowest BCUT2D eigenvalue weighted by Crippen LogP contribution is -2.31. The Morgan fingerprint density at radius 1 is 1.44 bits per heavy atom. The van der Waals surface area contributed by atoms with E-state index in [-0.39, 0.29) is 0 Å². The Balaban J connectivity index is 2.14. The zero-order chi connectivity index (χ0) is 11.7. The van der Waals surface area contributed by atoms with Gasteiger partial charge in [0.15, 0.2) is 0 Å². The standard InChI is InChI=1S/C12H18BrN3/c1-15(2)10-5-6-16(8-10)12-4-3-9(14)7-11(12)13/h3-4,7,10H,5-6,8,14H2,1-2H3. The van der Waals surface area contributed by atoms with Gasteiger partial charge >= 0.3 is 0 Å². The lowest BCUT2D eigenvalue weighted by atomic mass is 10.2. The highest BCUT2D eigenvalue weighted by molar-refractivity contribution is 9.10. The molecule has 1 aromatic rings. The van der Waals surface area contributed by atoms with Gasteiger partial charge in [-0.1, -0.05) is 0 Å². The summed E-state index contributed by atoms with van der Waals surface area (Å²) in [5.41, 5.74) is 7.80. The highest BCUT2D eigenvalue weighted by atomic mass is 79.9. The van der Waals surface area contributed by atoms with Crippen molar-refractivity contribution in [1.82, 2.24) is 4.90 Å². The molecule has 16 heavy (non-hydrogen) atoms. The second-order valence-electron chi connectivity index (χ2n) is 4.56. The second kappa shape index (κ2) is 4.63. The number of rotatable bonds is 2. The van der Waals surface area contributed by atoms with E-state index in [2.05, 4.69) is 45.9 Å². The van der Waals surface area contributed by atoms with Gasteiger partial charge in [0.1, 0.15) is 0 Å². The predicted octanol–water partition coefficient (Wildman–Crippen LogP) is 2.17. The van der Waals surface area contributed by atoms with Gasteiger partial charge in [-0.15, -0.1) is 0 Å². The molecule has 1 saturated heterocycles. The SMILES string of the molecule is CN(C)C1CCN(c2ccc(N)cc2Br)C1. The van der Waals surface area contributed by atoms with Crippen LogP contribution in [0.3, 0.4) is 0 Å². The van der Waals surface area contributed by atoms with E-state index < -0.39 is 0 Å². The Hall–Kier alpha value is -0.740. The van der Waals surface area contributed by atoms with Crippen LogP contribution in [-0.2, 0) is 0 Å². The fourth-order valence-electron chi connectivity index (χ4n) is 2.16. The summed E-state index contributed by atoms with van der Waals surface area (Å²) in [6.45, 7) is 2.21. The smallest absolute Gasteiger partial charge is 0.0512 e.